The molecule has 0 spiro atoms. The number of carboxylic acids is 1. The highest BCUT2D eigenvalue weighted by Gasteiger charge is 2.60. The quantitative estimate of drug-likeness (QED) is 0.503. The second-order valence-electron chi connectivity index (χ2n) is 6.59. The van der Waals surface area contributed by atoms with Gasteiger partial charge in [0.25, 0.3) is 0 Å². The van der Waals surface area contributed by atoms with Crippen molar-refractivity contribution < 1.29 is 27.9 Å². The first kappa shape index (κ1) is 22.4. The first-order chi connectivity index (χ1) is 15.0. The molecule has 0 radical (unpaired) electrons. The van der Waals surface area contributed by atoms with E-state index in [1.807, 2.05) is 0 Å². The molecule has 166 valence electrons. The van der Waals surface area contributed by atoms with Crippen molar-refractivity contribution in [3.8, 4) is 5.82 Å². The van der Waals surface area contributed by atoms with E-state index in [9.17, 15) is 23.1 Å². The zero-order valence-electron chi connectivity index (χ0n) is 15.5. The maximum Gasteiger partial charge on any atom is 0.428 e. The van der Waals surface area contributed by atoms with Gasteiger partial charge in [-0.25, -0.2) is 14.5 Å². The van der Waals surface area contributed by atoms with Crippen LogP contribution in [0.25, 0.3) is 11.5 Å². The molecule has 3 heterocycles. The van der Waals surface area contributed by atoms with Crippen LogP contribution >= 0.6 is 34.8 Å². The van der Waals surface area contributed by atoms with Gasteiger partial charge in [-0.1, -0.05) is 34.8 Å². The van der Waals surface area contributed by atoms with Crippen LogP contribution in [-0.2, 0) is 10.4 Å². The van der Waals surface area contributed by atoms with Crippen molar-refractivity contribution in [3.63, 3.8) is 0 Å². The van der Waals surface area contributed by atoms with Gasteiger partial charge in [-0.15, -0.1) is 0 Å². The number of benzene rings is 1. The molecule has 0 aliphatic carbocycles. The second kappa shape index (κ2) is 7.96. The molecule has 3 aromatic rings. The molecule has 1 unspecified atom stereocenters. The fourth-order valence-electron chi connectivity index (χ4n) is 3.10. The van der Waals surface area contributed by atoms with E-state index in [1.165, 1.54) is 24.4 Å². The Labute approximate surface area is 192 Å². The molecular weight excluding hydrogens is 496 g/mol. The maximum atomic E-state index is 14.1. The van der Waals surface area contributed by atoms with Crippen LogP contribution in [0.3, 0.4) is 0 Å². The van der Waals surface area contributed by atoms with E-state index in [0.29, 0.717) is 0 Å². The lowest BCUT2D eigenvalue weighted by Crippen LogP contribution is -2.42. The monoisotopic (exact) mass is 504 g/mol. The van der Waals surface area contributed by atoms with E-state index < -0.39 is 17.7 Å². The molecule has 4 rings (SSSR count). The van der Waals surface area contributed by atoms with E-state index >= 15 is 0 Å². The summed E-state index contributed by atoms with van der Waals surface area (Å²) in [6.07, 6.45) is -2.84. The number of carboxylic acid groups (broad SMARTS) is 1. The van der Waals surface area contributed by atoms with Gasteiger partial charge in [0.1, 0.15) is 5.69 Å². The molecular formula is C19H10Cl3F3N4O3. The van der Waals surface area contributed by atoms with Gasteiger partial charge >= 0.3 is 12.1 Å². The molecule has 1 aliphatic heterocycles. The van der Waals surface area contributed by atoms with Crippen molar-refractivity contribution >= 4 is 46.5 Å². The molecule has 1 atom stereocenters. The van der Waals surface area contributed by atoms with Gasteiger partial charge in [0, 0.05) is 27.9 Å². The summed E-state index contributed by atoms with van der Waals surface area (Å²) in [7, 11) is 0. The number of hydroxylamine groups is 1. The average molecular weight is 506 g/mol. The Hall–Kier alpha value is -2.79. The highest BCUT2D eigenvalue weighted by molar-refractivity contribution is 6.34. The van der Waals surface area contributed by atoms with Crippen molar-refractivity contribution in [1.82, 2.24) is 20.2 Å². The van der Waals surface area contributed by atoms with Crippen LogP contribution in [-0.4, -0.2) is 32.0 Å². The third-order valence-electron chi connectivity index (χ3n) is 4.53. The van der Waals surface area contributed by atoms with Crippen LogP contribution in [0, 0.1) is 0 Å². The number of nitrogens with one attached hydrogen (secondary N) is 1. The Morgan fingerprint density at radius 3 is 2.44 bits per heavy atom. The van der Waals surface area contributed by atoms with Crippen LogP contribution in [0.15, 0.2) is 48.7 Å². The van der Waals surface area contributed by atoms with Gasteiger partial charge in [-0.05, 0) is 36.4 Å². The average Bonchev–Trinajstić information content (AvgIpc) is 3.33. The molecule has 0 bridgehead atoms. The summed E-state index contributed by atoms with van der Waals surface area (Å²) in [6, 6.07) is 7.46. The van der Waals surface area contributed by atoms with Crippen LogP contribution in [0.1, 0.15) is 21.7 Å². The third-order valence-corrected chi connectivity index (χ3v) is 5.26. The smallest absolute Gasteiger partial charge is 0.428 e. The van der Waals surface area contributed by atoms with Gasteiger partial charge in [0.05, 0.1) is 10.7 Å². The minimum Gasteiger partial charge on any atom is -0.477 e. The molecule has 0 fully saturated rings. The fourth-order valence-corrected chi connectivity index (χ4v) is 3.83. The number of nitrogens with zero attached hydrogens (tertiary/aromatic N) is 3. The zero-order chi connectivity index (χ0) is 23.3. The first-order valence-corrected chi connectivity index (χ1v) is 9.80. The van der Waals surface area contributed by atoms with Crippen LogP contribution in [0.5, 0.6) is 0 Å². The van der Waals surface area contributed by atoms with Crippen molar-refractivity contribution in [1.29, 1.82) is 0 Å². The Kier molecular flexibility index (Phi) is 5.58. The molecule has 7 nitrogen and oxygen atoms in total. The highest BCUT2D eigenvalue weighted by Crippen LogP contribution is 2.48. The van der Waals surface area contributed by atoms with Crippen LogP contribution < -0.4 is 5.48 Å². The Bertz CT molecular complexity index is 1240. The topological polar surface area (TPSA) is 89.3 Å². The van der Waals surface area contributed by atoms with Crippen molar-refractivity contribution in [2.75, 3.05) is 0 Å². The molecule has 32 heavy (non-hydrogen) atoms. The SMILES string of the molecule is O=C(O)c1cc(C2=CC(c3cc(Cl)cc(Cl)c3)(C(F)(F)F)ON2)nn1-c1ncccc1Cl. The number of pyridine rings is 1. The molecule has 1 aliphatic rings. The molecule has 0 amide bonds. The predicted molar refractivity (Wildman–Crippen MR) is 110 cm³/mol. The molecule has 0 saturated heterocycles. The van der Waals surface area contributed by atoms with Gasteiger partial charge < -0.3 is 5.11 Å². The van der Waals surface area contributed by atoms with E-state index in [0.717, 1.165) is 29.0 Å². The summed E-state index contributed by atoms with van der Waals surface area (Å²) in [4.78, 5) is 20.7. The van der Waals surface area contributed by atoms with E-state index in [-0.39, 0.29) is 43.5 Å². The van der Waals surface area contributed by atoms with E-state index in [1.54, 1.807) is 0 Å². The lowest BCUT2D eigenvalue weighted by atomic mass is 9.92. The van der Waals surface area contributed by atoms with Crippen molar-refractivity contribution in [3.05, 3.63) is 80.7 Å². The number of alkyl halides is 3. The summed E-state index contributed by atoms with van der Waals surface area (Å²) in [5.74, 6) is -1.41. The van der Waals surface area contributed by atoms with Gasteiger partial charge in [0.15, 0.2) is 11.5 Å². The highest BCUT2D eigenvalue weighted by atomic mass is 35.5. The summed E-state index contributed by atoms with van der Waals surface area (Å²) in [6.45, 7) is 0. The standard InChI is InChI=1S/C19H10Cl3F3N4O3/c20-10-4-9(5-11(21)6-10)18(19(23,24)25)8-14(28-32-18)13-7-15(17(30)31)29(27-13)16-12(22)2-1-3-26-16/h1-8,28H,(H,30,31). The lowest BCUT2D eigenvalue weighted by molar-refractivity contribution is -0.269. The van der Waals surface area contributed by atoms with Crippen LogP contribution in [0.4, 0.5) is 13.2 Å². The summed E-state index contributed by atoms with van der Waals surface area (Å²) < 4.78 is 43.3. The molecule has 13 heteroatoms. The van der Waals surface area contributed by atoms with E-state index in [4.69, 9.17) is 39.6 Å². The number of aromatic carboxylic acids is 1. The minimum absolute atomic E-state index is 0.0129. The number of carbonyl (C=O) groups is 1. The number of hydrogen-bond donors (Lipinski definition) is 2. The van der Waals surface area contributed by atoms with Crippen LogP contribution in [0.2, 0.25) is 15.1 Å². The minimum atomic E-state index is -4.93. The maximum absolute atomic E-state index is 14.1. The van der Waals surface area contributed by atoms with Gasteiger partial charge in [-0.3, -0.25) is 10.3 Å². The number of hydrogen-bond acceptors (Lipinski definition) is 5. The fraction of sp³-hybridized carbons (Fsp3) is 0.105. The summed E-state index contributed by atoms with van der Waals surface area (Å²) in [5.41, 5.74) is -1.90. The molecule has 1 aromatic carbocycles. The second-order valence-corrected chi connectivity index (χ2v) is 7.87. The Morgan fingerprint density at radius 2 is 1.84 bits per heavy atom. The molecule has 0 saturated carbocycles. The summed E-state index contributed by atoms with van der Waals surface area (Å²) >= 11 is 17.8. The van der Waals surface area contributed by atoms with E-state index in [2.05, 4.69) is 15.6 Å². The number of aromatic nitrogens is 3. The normalized spacial score (nSPS) is 18.4. The first-order valence-electron chi connectivity index (χ1n) is 8.66. The van der Waals surface area contributed by atoms with Crippen molar-refractivity contribution in [2.24, 2.45) is 0 Å². The largest absolute Gasteiger partial charge is 0.477 e. The van der Waals surface area contributed by atoms with Gasteiger partial charge in [-0.2, -0.15) is 18.3 Å². The third kappa shape index (κ3) is 3.79. The summed E-state index contributed by atoms with van der Waals surface area (Å²) in [5, 5.41) is 13.7. The Balaban J connectivity index is 1.87. The van der Waals surface area contributed by atoms with Gasteiger partial charge in [0.2, 0.25) is 5.60 Å². The predicted octanol–water partition coefficient (Wildman–Crippen LogP) is 5.26. The lowest BCUT2D eigenvalue weighted by Gasteiger charge is -2.28. The number of halogens is 6. The molecule has 2 N–H and O–H groups in total. The van der Waals surface area contributed by atoms with Crippen molar-refractivity contribution in [2.45, 2.75) is 11.8 Å². The zero-order valence-corrected chi connectivity index (χ0v) is 17.8. The molecule has 2 aromatic heterocycles. The Morgan fingerprint density at radius 1 is 1.16 bits per heavy atom. The number of rotatable bonds is 4.